The Labute approximate surface area is 174 Å². The lowest BCUT2D eigenvalue weighted by molar-refractivity contribution is 0.103. The molecule has 0 aliphatic carbocycles. The first-order chi connectivity index (χ1) is 14.1. The molecule has 0 aromatic heterocycles. The van der Waals surface area contributed by atoms with Gasteiger partial charge in [-0.05, 0) is 85.0 Å². The maximum Gasteiger partial charge on any atom is 0.362 e. The molecule has 156 valence electrons. The van der Waals surface area contributed by atoms with Crippen molar-refractivity contribution >= 4 is 13.4 Å². The van der Waals surface area contributed by atoms with Crippen LogP contribution in [0.25, 0.3) is 0 Å². The van der Waals surface area contributed by atoms with Crippen molar-refractivity contribution in [3.63, 3.8) is 0 Å². The van der Waals surface area contributed by atoms with Crippen molar-refractivity contribution in [1.29, 1.82) is 0 Å². The molecule has 30 heavy (non-hydrogen) atoms. The Kier molecular flexibility index (Phi) is 6.52. The van der Waals surface area contributed by atoms with Gasteiger partial charge in [-0.2, -0.15) is 0 Å². The van der Waals surface area contributed by atoms with E-state index >= 15 is 0 Å². The van der Waals surface area contributed by atoms with Crippen molar-refractivity contribution < 1.29 is 28.3 Å². The summed E-state index contributed by atoms with van der Waals surface area (Å²) in [6, 6.07) is 16.2. The molecule has 0 bridgehead atoms. The largest absolute Gasteiger partial charge is 0.481 e. The Bertz CT molecular complexity index is 1100. The Balaban J connectivity index is 1.81. The summed E-state index contributed by atoms with van der Waals surface area (Å²) >= 11 is 0. The van der Waals surface area contributed by atoms with Crippen LogP contribution in [0.2, 0.25) is 0 Å². The number of benzene rings is 3. The molecule has 0 atom stereocenters. The van der Waals surface area contributed by atoms with E-state index in [9.17, 15) is 13.8 Å². The Hall–Kier alpha value is -2.79. The van der Waals surface area contributed by atoms with E-state index in [0.29, 0.717) is 23.3 Å². The van der Waals surface area contributed by atoms with Gasteiger partial charge in [-0.15, -0.1) is 0 Å². The fourth-order valence-electron chi connectivity index (χ4n) is 3.27. The second-order valence-electron chi connectivity index (χ2n) is 7.19. The monoisotopic (exact) mass is 428 g/mol. The number of ketones is 1. The van der Waals surface area contributed by atoms with Crippen LogP contribution in [0.5, 0.6) is 5.75 Å². The lowest BCUT2D eigenvalue weighted by Crippen LogP contribution is -2.04. The normalized spacial score (nSPS) is 11.4. The van der Waals surface area contributed by atoms with Gasteiger partial charge in [0.25, 0.3) is 0 Å². The third-order valence-corrected chi connectivity index (χ3v) is 5.21. The van der Waals surface area contributed by atoms with Crippen LogP contribution in [-0.2, 0) is 11.0 Å². The van der Waals surface area contributed by atoms with Gasteiger partial charge in [-0.25, -0.2) is 4.39 Å². The van der Waals surface area contributed by atoms with Crippen molar-refractivity contribution in [2.75, 3.05) is 6.35 Å². The van der Waals surface area contributed by atoms with E-state index in [1.165, 1.54) is 24.3 Å². The standard InChI is InChI=1S/C23H22FO5P/c1-15-10-21(29-14-30(26,27)28)11-16(2)22(15)13-17-4-3-5-19(12-17)23(25)18-6-8-20(24)9-7-18/h3-12H,13-14H2,1-2H3,(H2,26,27,28). The molecule has 3 aromatic carbocycles. The smallest absolute Gasteiger partial charge is 0.362 e. The fourth-order valence-corrected chi connectivity index (χ4v) is 3.59. The molecule has 0 spiro atoms. The van der Waals surface area contributed by atoms with Crippen LogP contribution in [0.3, 0.4) is 0 Å². The number of rotatable bonds is 7. The number of carbonyl (C=O) groups is 1. The zero-order valence-electron chi connectivity index (χ0n) is 16.6. The van der Waals surface area contributed by atoms with Crippen LogP contribution in [0.15, 0.2) is 60.7 Å². The van der Waals surface area contributed by atoms with E-state index in [-0.39, 0.29) is 11.6 Å². The molecule has 7 heteroatoms. The fraction of sp³-hybridized carbons (Fsp3) is 0.174. The Morgan fingerprint density at radius 1 is 0.967 bits per heavy atom. The van der Waals surface area contributed by atoms with E-state index in [1.54, 1.807) is 18.2 Å². The second-order valence-corrected chi connectivity index (χ2v) is 8.77. The molecular formula is C23H22FO5P. The summed E-state index contributed by atoms with van der Waals surface area (Å²) in [5.41, 5.74) is 4.78. The molecule has 2 N–H and O–H groups in total. The highest BCUT2D eigenvalue weighted by Crippen LogP contribution is 2.35. The van der Waals surface area contributed by atoms with Gasteiger partial charge >= 0.3 is 7.60 Å². The molecule has 3 aromatic rings. The predicted molar refractivity (Wildman–Crippen MR) is 113 cm³/mol. The minimum absolute atomic E-state index is 0.175. The number of aryl methyl sites for hydroxylation is 2. The lowest BCUT2D eigenvalue weighted by Gasteiger charge is -2.14. The van der Waals surface area contributed by atoms with E-state index in [0.717, 1.165) is 22.3 Å². The van der Waals surface area contributed by atoms with Crippen molar-refractivity contribution in [2.45, 2.75) is 20.3 Å². The molecule has 0 saturated heterocycles. The summed E-state index contributed by atoms with van der Waals surface area (Å²) in [5, 5.41) is 0. The second kappa shape index (κ2) is 8.92. The Morgan fingerprint density at radius 2 is 1.60 bits per heavy atom. The molecule has 5 nitrogen and oxygen atoms in total. The predicted octanol–water partition coefficient (Wildman–Crippen LogP) is 4.78. The third-order valence-electron chi connectivity index (χ3n) is 4.75. The summed E-state index contributed by atoms with van der Waals surface area (Å²) in [6.07, 6.45) is -0.0836. The number of carbonyl (C=O) groups excluding carboxylic acids is 1. The summed E-state index contributed by atoms with van der Waals surface area (Å²) in [7, 11) is -4.25. The first-order valence-corrected chi connectivity index (χ1v) is 11.1. The first kappa shape index (κ1) is 21.9. The maximum absolute atomic E-state index is 13.1. The summed E-state index contributed by atoms with van der Waals surface area (Å²) in [6.45, 7) is 3.81. The molecule has 0 aliphatic rings. The van der Waals surface area contributed by atoms with Gasteiger partial charge in [-0.3, -0.25) is 9.36 Å². The van der Waals surface area contributed by atoms with E-state index in [1.807, 2.05) is 32.0 Å². The molecule has 0 radical (unpaired) electrons. The molecule has 0 fully saturated rings. The highest BCUT2D eigenvalue weighted by molar-refractivity contribution is 7.51. The van der Waals surface area contributed by atoms with Crippen LogP contribution in [-0.4, -0.2) is 21.9 Å². The van der Waals surface area contributed by atoms with Crippen LogP contribution >= 0.6 is 7.60 Å². The molecule has 0 amide bonds. The Morgan fingerprint density at radius 3 is 2.20 bits per heavy atom. The van der Waals surface area contributed by atoms with Crippen LogP contribution in [0, 0.1) is 19.7 Å². The van der Waals surface area contributed by atoms with E-state index in [4.69, 9.17) is 14.5 Å². The van der Waals surface area contributed by atoms with Crippen molar-refractivity contribution in [1.82, 2.24) is 0 Å². The average Bonchev–Trinajstić information content (AvgIpc) is 2.69. The minimum atomic E-state index is -4.25. The summed E-state index contributed by atoms with van der Waals surface area (Å²) in [5.74, 6) is -0.164. The number of hydrogen-bond donors (Lipinski definition) is 2. The van der Waals surface area contributed by atoms with Gasteiger partial charge in [0.05, 0.1) is 0 Å². The number of ether oxygens (including phenoxy) is 1. The van der Waals surface area contributed by atoms with Crippen LogP contribution < -0.4 is 4.74 Å². The van der Waals surface area contributed by atoms with Crippen molar-refractivity contribution in [2.24, 2.45) is 0 Å². The van der Waals surface area contributed by atoms with Crippen LogP contribution in [0.4, 0.5) is 4.39 Å². The number of halogens is 1. The van der Waals surface area contributed by atoms with E-state index < -0.39 is 13.9 Å². The lowest BCUT2D eigenvalue weighted by atomic mass is 9.94. The van der Waals surface area contributed by atoms with Gasteiger partial charge < -0.3 is 14.5 Å². The van der Waals surface area contributed by atoms with Gasteiger partial charge in [-0.1, -0.05) is 18.2 Å². The zero-order chi connectivity index (χ0) is 21.9. The van der Waals surface area contributed by atoms with E-state index in [2.05, 4.69) is 0 Å². The van der Waals surface area contributed by atoms with Crippen LogP contribution in [0.1, 0.15) is 38.2 Å². The van der Waals surface area contributed by atoms with Crippen molar-refractivity contribution in [3.05, 3.63) is 99.9 Å². The van der Waals surface area contributed by atoms with Gasteiger partial charge in [0.2, 0.25) is 0 Å². The van der Waals surface area contributed by atoms with Gasteiger partial charge in [0.15, 0.2) is 12.1 Å². The third kappa shape index (κ3) is 5.63. The average molecular weight is 428 g/mol. The van der Waals surface area contributed by atoms with Gasteiger partial charge in [0.1, 0.15) is 11.6 Å². The topological polar surface area (TPSA) is 83.8 Å². The molecule has 3 rings (SSSR count). The SMILES string of the molecule is Cc1cc(OCP(=O)(O)O)cc(C)c1Cc1cccc(C(=O)c2ccc(F)cc2)c1. The molecule has 0 unspecified atom stereocenters. The summed E-state index contributed by atoms with van der Waals surface area (Å²) in [4.78, 5) is 30.6. The molecule has 0 saturated carbocycles. The summed E-state index contributed by atoms with van der Waals surface area (Å²) < 4.78 is 29.3. The van der Waals surface area contributed by atoms with Gasteiger partial charge in [0, 0.05) is 11.1 Å². The highest BCUT2D eigenvalue weighted by atomic mass is 31.2. The minimum Gasteiger partial charge on any atom is -0.481 e. The first-order valence-electron chi connectivity index (χ1n) is 9.29. The zero-order valence-corrected chi connectivity index (χ0v) is 17.5. The quantitative estimate of drug-likeness (QED) is 0.418. The maximum atomic E-state index is 13.1. The highest BCUT2D eigenvalue weighted by Gasteiger charge is 2.15. The molecular weight excluding hydrogens is 406 g/mol. The molecule has 0 heterocycles. The molecule has 0 aliphatic heterocycles. The van der Waals surface area contributed by atoms with Crippen molar-refractivity contribution in [3.8, 4) is 5.75 Å². The number of hydrogen-bond acceptors (Lipinski definition) is 3.